The molecule has 0 saturated heterocycles. The summed E-state index contributed by atoms with van der Waals surface area (Å²) in [5.41, 5.74) is 0. The first-order valence-electron chi connectivity index (χ1n) is 23.2. The van der Waals surface area contributed by atoms with Gasteiger partial charge in [-0.15, -0.1) is 0 Å². The Bertz CT molecular complexity index is 809. The lowest BCUT2D eigenvalue weighted by Crippen LogP contribution is -2.30. The van der Waals surface area contributed by atoms with Gasteiger partial charge in [-0.3, -0.25) is 14.4 Å². The standard InChI is InChI=1S/C47H90O6/c1-6-7-8-9-10-11-12-17-24-29-34-39-47(50)53-44(41-52-46(49)38-33-28-23-19-18-21-26-31-36-43(4)5)40-51-45(48)37-32-27-22-16-14-13-15-20-25-30-35-42(2)3/h42-44H,6-41H2,1-5H3/t44-/m1/s1. The minimum Gasteiger partial charge on any atom is -0.462 e. The van der Waals surface area contributed by atoms with Gasteiger partial charge in [0.25, 0.3) is 0 Å². The highest BCUT2D eigenvalue weighted by atomic mass is 16.6. The summed E-state index contributed by atoms with van der Waals surface area (Å²) < 4.78 is 16.7. The fourth-order valence-corrected chi connectivity index (χ4v) is 6.93. The first-order valence-corrected chi connectivity index (χ1v) is 23.2. The molecule has 314 valence electrons. The minimum absolute atomic E-state index is 0.0650. The number of carbonyl (C=O) groups excluding carboxylic acids is 3. The Kier molecular flexibility index (Phi) is 38.9. The largest absolute Gasteiger partial charge is 0.462 e. The molecule has 0 aliphatic rings. The average molecular weight is 751 g/mol. The summed E-state index contributed by atoms with van der Waals surface area (Å²) in [5, 5.41) is 0. The quantitative estimate of drug-likeness (QED) is 0.0352. The van der Waals surface area contributed by atoms with Gasteiger partial charge >= 0.3 is 17.9 Å². The van der Waals surface area contributed by atoms with Crippen LogP contribution in [0.5, 0.6) is 0 Å². The Labute approximate surface area is 329 Å². The third-order valence-corrected chi connectivity index (χ3v) is 10.5. The van der Waals surface area contributed by atoms with Crippen LogP contribution in [0, 0.1) is 11.8 Å². The molecule has 0 radical (unpaired) electrons. The molecule has 0 heterocycles. The second-order valence-electron chi connectivity index (χ2n) is 17.0. The van der Waals surface area contributed by atoms with Crippen LogP contribution in [-0.2, 0) is 28.6 Å². The molecule has 0 unspecified atom stereocenters. The lowest BCUT2D eigenvalue weighted by atomic mass is 10.0. The summed E-state index contributed by atoms with van der Waals surface area (Å²) in [6, 6.07) is 0. The average Bonchev–Trinajstić information content (AvgIpc) is 3.12. The lowest BCUT2D eigenvalue weighted by molar-refractivity contribution is -0.167. The summed E-state index contributed by atoms with van der Waals surface area (Å²) in [4.78, 5) is 37.7. The Morgan fingerprint density at radius 3 is 0.925 bits per heavy atom. The fourth-order valence-electron chi connectivity index (χ4n) is 6.93. The number of carbonyl (C=O) groups is 3. The minimum atomic E-state index is -0.760. The zero-order valence-corrected chi connectivity index (χ0v) is 36.1. The number of unbranched alkanes of at least 4 members (excludes halogenated alkanes) is 26. The number of rotatable bonds is 41. The molecule has 0 aromatic rings. The topological polar surface area (TPSA) is 78.9 Å². The van der Waals surface area contributed by atoms with E-state index in [2.05, 4.69) is 34.6 Å². The van der Waals surface area contributed by atoms with Crippen molar-refractivity contribution in [3.8, 4) is 0 Å². The molecule has 0 aliphatic carbocycles. The van der Waals surface area contributed by atoms with Gasteiger partial charge in [0.05, 0.1) is 0 Å². The monoisotopic (exact) mass is 751 g/mol. The van der Waals surface area contributed by atoms with E-state index in [1.807, 2.05) is 0 Å². The molecule has 0 aliphatic heterocycles. The molecular formula is C47H90O6. The molecule has 6 nitrogen and oxygen atoms in total. The SMILES string of the molecule is CCCCCCCCCCCCCC(=O)O[C@H](COC(=O)CCCCCCCCCCCCC(C)C)COC(=O)CCCCCCCCCCC(C)C. The first-order chi connectivity index (χ1) is 25.7. The second-order valence-corrected chi connectivity index (χ2v) is 17.0. The van der Waals surface area contributed by atoms with Crippen molar-refractivity contribution in [3.05, 3.63) is 0 Å². The highest BCUT2D eigenvalue weighted by Crippen LogP contribution is 2.16. The van der Waals surface area contributed by atoms with Crippen molar-refractivity contribution in [2.75, 3.05) is 13.2 Å². The molecule has 53 heavy (non-hydrogen) atoms. The first kappa shape index (κ1) is 51.4. The summed E-state index contributed by atoms with van der Waals surface area (Å²) >= 11 is 0. The predicted molar refractivity (Wildman–Crippen MR) is 224 cm³/mol. The molecule has 0 aromatic carbocycles. The van der Waals surface area contributed by atoms with Crippen LogP contribution in [0.1, 0.15) is 253 Å². The van der Waals surface area contributed by atoms with Crippen LogP contribution in [0.3, 0.4) is 0 Å². The Hall–Kier alpha value is -1.59. The summed E-state index contributed by atoms with van der Waals surface area (Å²) in [6.07, 6.45) is 38.0. The fraction of sp³-hybridized carbons (Fsp3) is 0.936. The van der Waals surface area contributed by atoms with Crippen molar-refractivity contribution >= 4 is 17.9 Å². The zero-order chi connectivity index (χ0) is 39.0. The van der Waals surface area contributed by atoms with E-state index in [0.717, 1.165) is 69.6 Å². The van der Waals surface area contributed by atoms with Crippen LogP contribution in [0.15, 0.2) is 0 Å². The molecular weight excluding hydrogens is 661 g/mol. The Balaban J connectivity index is 4.33. The lowest BCUT2D eigenvalue weighted by Gasteiger charge is -2.18. The molecule has 0 rings (SSSR count). The summed E-state index contributed by atoms with van der Waals surface area (Å²) in [6.45, 7) is 11.3. The predicted octanol–water partition coefficient (Wildman–Crippen LogP) is 14.6. The zero-order valence-electron chi connectivity index (χ0n) is 36.1. The van der Waals surface area contributed by atoms with Crippen LogP contribution in [-0.4, -0.2) is 37.2 Å². The normalized spacial score (nSPS) is 12.1. The summed E-state index contributed by atoms with van der Waals surface area (Å²) in [7, 11) is 0. The van der Waals surface area contributed by atoms with Crippen molar-refractivity contribution in [1.29, 1.82) is 0 Å². The number of esters is 3. The van der Waals surface area contributed by atoms with Crippen molar-refractivity contribution in [3.63, 3.8) is 0 Å². The molecule has 6 heteroatoms. The van der Waals surface area contributed by atoms with E-state index in [1.54, 1.807) is 0 Å². The van der Waals surface area contributed by atoms with Gasteiger partial charge in [0, 0.05) is 19.3 Å². The number of hydrogen-bond donors (Lipinski definition) is 0. The van der Waals surface area contributed by atoms with Gasteiger partial charge in [0.2, 0.25) is 0 Å². The van der Waals surface area contributed by atoms with E-state index < -0.39 is 6.10 Å². The van der Waals surface area contributed by atoms with Crippen LogP contribution in [0.2, 0.25) is 0 Å². The third-order valence-electron chi connectivity index (χ3n) is 10.5. The van der Waals surface area contributed by atoms with Crippen LogP contribution < -0.4 is 0 Å². The molecule has 0 spiro atoms. The molecule has 0 saturated carbocycles. The summed E-state index contributed by atoms with van der Waals surface area (Å²) in [5.74, 6) is 0.757. The third kappa shape index (κ3) is 41.4. The van der Waals surface area contributed by atoms with Gasteiger partial charge in [-0.1, -0.05) is 214 Å². The van der Waals surface area contributed by atoms with E-state index in [1.165, 1.54) is 141 Å². The van der Waals surface area contributed by atoms with Gasteiger partial charge in [0.15, 0.2) is 6.10 Å². The number of ether oxygens (including phenoxy) is 3. The van der Waals surface area contributed by atoms with Crippen LogP contribution >= 0.6 is 0 Å². The van der Waals surface area contributed by atoms with Crippen LogP contribution in [0.25, 0.3) is 0 Å². The molecule has 0 N–H and O–H groups in total. The molecule has 0 amide bonds. The van der Waals surface area contributed by atoms with Crippen molar-refractivity contribution in [2.45, 2.75) is 259 Å². The Morgan fingerprint density at radius 2 is 0.623 bits per heavy atom. The molecule has 0 aromatic heterocycles. The van der Waals surface area contributed by atoms with Crippen molar-refractivity contribution in [1.82, 2.24) is 0 Å². The maximum Gasteiger partial charge on any atom is 0.306 e. The highest BCUT2D eigenvalue weighted by molar-refractivity contribution is 5.71. The van der Waals surface area contributed by atoms with Crippen molar-refractivity contribution < 1.29 is 28.6 Å². The molecule has 0 bridgehead atoms. The maximum absolute atomic E-state index is 12.7. The van der Waals surface area contributed by atoms with E-state index >= 15 is 0 Å². The van der Waals surface area contributed by atoms with Gasteiger partial charge in [-0.2, -0.15) is 0 Å². The molecule has 0 fully saturated rings. The van der Waals surface area contributed by atoms with Gasteiger partial charge < -0.3 is 14.2 Å². The molecule has 1 atom stereocenters. The maximum atomic E-state index is 12.7. The smallest absolute Gasteiger partial charge is 0.306 e. The van der Waals surface area contributed by atoms with Gasteiger partial charge in [-0.25, -0.2) is 0 Å². The van der Waals surface area contributed by atoms with Crippen LogP contribution in [0.4, 0.5) is 0 Å². The Morgan fingerprint density at radius 1 is 0.358 bits per heavy atom. The van der Waals surface area contributed by atoms with Gasteiger partial charge in [0.1, 0.15) is 13.2 Å². The van der Waals surface area contributed by atoms with E-state index in [-0.39, 0.29) is 31.1 Å². The number of hydrogen-bond acceptors (Lipinski definition) is 6. The van der Waals surface area contributed by atoms with E-state index in [4.69, 9.17) is 14.2 Å². The van der Waals surface area contributed by atoms with Gasteiger partial charge in [-0.05, 0) is 31.1 Å². The van der Waals surface area contributed by atoms with Crippen molar-refractivity contribution in [2.24, 2.45) is 11.8 Å². The second kappa shape index (κ2) is 40.1. The van der Waals surface area contributed by atoms with E-state index in [0.29, 0.717) is 19.3 Å². The van der Waals surface area contributed by atoms with E-state index in [9.17, 15) is 14.4 Å². The highest BCUT2D eigenvalue weighted by Gasteiger charge is 2.19.